The van der Waals surface area contributed by atoms with Gasteiger partial charge in [-0.2, -0.15) is 0 Å². The van der Waals surface area contributed by atoms with Crippen molar-refractivity contribution in [3.63, 3.8) is 0 Å². The quantitative estimate of drug-likeness (QED) is 0.799. The van der Waals surface area contributed by atoms with Crippen LogP contribution in [0.1, 0.15) is 18.5 Å². The number of pyridine rings is 1. The van der Waals surface area contributed by atoms with Crippen LogP contribution in [0.15, 0.2) is 24.4 Å². The van der Waals surface area contributed by atoms with Crippen LogP contribution in [0.2, 0.25) is 0 Å². The molecule has 1 fully saturated rings. The Balaban J connectivity index is 1.75. The molecule has 2 heterocycles. The molecular formula is C13H21N3O2S. The Morgan fingerprint density at radius 1 is 1.32 bits per heavy atom. The fraction of sp³-hybridized carbons (Fsp3) is 0.615. The first kappa shape index (κ1) is 14.4. The second kappa shape index (κ2) is 6.98. The van der Waals surface area contributed by atoms with Crippen LogP contribution in [0, 0.1) is 5.92 Å². The van der Waals surface area contributed by atoms with Crippen molar-refractivity contribution in [1.82, 2.24) is 15.0 Å². The van der Waals surface area contributed by atoms with Gasteiger partial charge in [-0.3, -0.25) is 4.98 Å². The van der Waals surface area contributed by atoms with Gasteiger partial charge in [0.15, 0.2) is 0 Å². The minimum absolute atomic E-state index is 0.106. The van der Waals surface area contributed by atoms with Gasteiger partial charge in [-0.05, 0) is 44.0 Å². The minimum Gasteiger partial charge on any atom is -0.317 e. The van der Waals surface area contributed by atoms with Crippen molar-refractivity contribution in [2.75, 3.05) is 25.4 Å². The van der Waals surface area contributed by atoms with E-state index in [-0.39, 0.29) is 5.75 Å². The van der Waals surface area contributed by atoms with Crippen LogP contribution in [0.5, 0.6) is 0 Å². The molecule has 0 unspecified atom stereocenters. The number of rotatable bonds is 6. The number of nitrogens with one attached hydrogen (secondary N) is 2. The van der Waals surface area contributed by atoms with Crippen molar-refractivity contribution in [3.05, 3.63) is 30.1 Å². The van der Waals surface area contributed by atoms with Crippen molar-refractivity contribution in [2.45, 2.75) is 19.3 Å². The Labute approximate surface area is 114 Å². The van der Waals surface area contributed by atoms with Crippen molar-refractivity contribution in [3.8, 4) is 0 Å². The summed E-state index contributed by atoms with van der Waals surface area (Å²) in [6.45, 7) is 2.53. The molecule has 1 aromatic heterocycles. The average Bonchev–Trinajstić information content (AvgIpc) is 2.46. The van der Waals surface area contributed by atoms with Gasteiger partial charge in [-0.15, -0.1) is 0 Å². The topological polar surface area (TPSA) is 71.1 Å². The fourth-order valence-corrected chi connectivity index (χ4v) is 3.30. The van der Waals surface area contributed by atoms with E-state index >= 15 is 0 Å². The fourth-order valence-electron chi connectivity index (χ4n) is 2.19. The maximum atomic E-state index is 11.9. The van der Waals surface area contributed by atoms with Gasteiger partial charge in [0.05, 0.1) is 5.75 Å². The van der Waals surface area contributed by atoms with Crippen LogP contribution in [0.3, 0.4) is 0 Å². The smallest absolute Gasteiger partial charge is 0.211 e. The molecule has 0 saturated carbocycles. The molecule has 0 amide bonds. The van der Waals surface area contributed by atoms with Crippen molar-refractivity contribution in [1.29, 1.82) is 0 Å². The summed E-state index contributed by atoms with van der Waals surface area (Å²) in [6.07, 6.45) is 4.23. The van der Waals surface area contributed by atoms with Crippen LogP contribution in [-0.2, 0) is 16.4 Å². The van der Waals surface area contributed by atoms with Gasteiger partial charge in [0, 0.05) is 24.9 Å². The summed E-state index contributed by atoms with van der Waals surface area (Å²) in [5.41, 5.74) is 0.815. The minimum atomic E-state index is -3.19. The highest BCUT2D eigenvalue weighted by molar-refractivity contribution is 7.89. The molecule has 0 aromatic carbocycles. The van der Waals surface area contributed by atoms with Gasteiger partial charge in [0.25, 0.3) is 0 Å². The van der Waals surface area contributed by atoms with Crippen LogP contribution in [-0.4, -0.2) is 38.8 Å². The standard InChI is InChI=1S/C13H21N3O2S/c17-19(18,10-6-13-3-1-2-7-15-13)16-11-12-4-8-14-9-5-12/h1-3,7,12,14,16H,4-6,8-11H2. The lowest BCUT2D eigenvalue weighted by Crippen LogP contribution is -2.37. The van der Waals surface area contributed by atoms with E-state index in [2.05, 4.69) is 15.0 Å². The zero-order valence-electron chi connectivity index (χ0n) is 11.0. The molecule has 19 heavy (non-hydrogen) atoms. The number of aryl methyl sites for hydroxylation is 1. The van der Waals surface area contributed by atoms with Gasteiger partial charge in [-0.25, -0.2) is 13.1 Å². The average molecular weight is 283 g/mol. The summed E-state index contributed by atoms with van der Waals surface area (Å²) < 4.78 is 26.5. The molecule has 2 rings (SSSR count). The van der Waals surface area contributed by atoms with E-state index in [1.807, 2.05) is 18.2 Å². The predicted octanol–water partition coefficient (Wildman–Crippen LogP) is 0.543. The Morgan fingerprint density at radius 2 is 2.11 bits per heavy atom. The Kier molecular flexibility index (Phi) is 5.30. The first-order valence-electron chi connectivity index (χ1n) is 6.74. The lowest BCUT2D eigenvalue weighted by atomic mass is 9.99. The molecule has 6 heteroatoms. The lowest BCUT2D eigenvalue weighted by Gasteiger charge is -2.22. The molecule has 0 atom stereocenters. The first-order chi connectivity index (χ1) is 9.16. The maximum Gasteiger partial charge on any atom is 0.211 e. The first-order valence-corrected chi connectivity index (χ1v) is 8.39. The van der Waals surface area contributed by atoms with Gasteiger partial charge in [0.2, 0.25) is 10.0 Å². The van der Waals surface area contributed by atoms with E-state index in [9.17, 15) is 8.42 Å². The van der Waals surface area contributed by atoms with E-state index in [1.54, 1.807) is 6.20 Å². The van der Waals surface area contributed by atoms with Crippen LogP contribution >= 0.6 is 0 Å². The van der Waals surface area contributed by atoms with Gasteiger partial charge >= 0.3 is 0 Å². The summed E-state index contributed by atoms with van der Waals surface area (Å²) >= 11 is 0. The Hall–Kier alpha value is -0.980. The normalized spacial score (nSPS) is 17.5. The lowest BCUT2D eigenvalue weighted by molar-refractivity contribution is 0.372. The number of hydrogen-bond donors (Lipinski definition) is 2. The molecule has 106 valence electrons. The molecule has 5 nitrogen and oxygen atoms in total. The molecule has 2 N–H and O–H groups in total. The van der Waals surface area contributed by atoms with E-state index in [1.165, 1.54) is 0 Å². The van der Waals surface area contributed by atoms with Crippen LogP contribution in [0.4, 0.5) is 0 Å². The SMILES string of the molecule is O=S(=O)(CCc1ccccn1)NCC1CCNCC1. The summed E-state index contributed by atoms with van der Waals surface area (Å²) in [6, 6.07) is 5.55. The van der Waals surface area contributed by atoms with Gasteiger partial charge in [-0.1, -0.05) is 6.07 Å². The highest BCUT2D eigenvalue weighted by Crippen LogP contribution is 2.10. The third-order valence-electron chi connectivity index (χ3n) is 3.40. The van der Waals surface area contributed by atoms with E-state index in [0.717, 1.165) is 31.6 Å². The monoisotopic (exact) mass is 283 g/mol. The van der Waals surface area contributed by atoms with Crippen LogP contribution < -0.4 is 10.0 Å². The van der Waals surface area contributed by atoms with Crippen LogP contribution in [0.25, 0.3) is 0 Å². The highest BCUT2D eigenvalue weighted by Gasteiger charge is 2.17. The van der Waals surface area contributed by atoms with Gasteiger partial charge < -0.3 is 5.32 Å². The zero-order valence-corrected chi connectivity index (χ0v) is 11.8. The second-order valence-electron chi connectivity index (χ2n) is 4.93. The maximum absolute atomic E-state index is 11.9. The number of hydrogen-bond acceptors (Lipinski definition) is 4. The number of aromatic nitrogens is 1. The molecule has 1 saturated heterocycles. The van der Waals surface area contributed by atoms with E-state index < -0.39 is 10.0 Å². The highest BCUT2D eigenvalue weighted by atomic mass is 32.2. The van der Waals surface area contributed by atoms with Gasteiger partial charge in [0.1, 0.15) is 0 Å². The summed E-state index contributed by atoms with van der Waals surface area (Å²) in [5, 5.41) is 3.27. The number of sulfonamides is 1. The largest absolute Gasteiger partial charge is 0.317 e. The van der Waals surface area contributed by atoms with Crippen molar-refractivity contribution in [2.24, 2.45) is 5.92 Å². The third-order valence-corrected chi connectivity index (χ3v) is 4.75. The molecule has 0 aliphatic carbocycles. The number of piperidine rings is 1. The third kappa shape index (κ3) is 5.26. The molecule has 0 bridgehead atoms. The Morgan fingerprint density at radius 3 is 2.79 bits per heavy atom. The predicted molar refractivity (Wildman–Crippen MR) is 75.3 cm³/mol. The zero-order chi connectivity index (χ0) is 13.6. The molecular weight excluding hydrogens is 262 g/mol. The molecule has 1 aliphatic heterocycles. The second-order valence-corrected chi connectivity index (χ2v) is 6.86. The van der Waals surface area contributed by atoms with Crippen molar-refractivity contribution >= 4 is 10.0 Å². The molecule has 1 aromatic rings. The summed E-state index contributed by atoms with van der Waals surface area (Å²) in [4.78, 5) is 4.13. The van der Waals surface area contributed by atoms with E-state index in [0.29, 0.717) is 18.9 Å². The van der Waals surface area contributed by atoms with E-state index in [4.69, 9.17) is 0 Å². The molecule has 0 radical (unpaired) electrons. The number of nitrogens with zero attached hydrogens (tertiary/aromatic N) is 1. The molecule has 0 spiro atoms. The Bertz CT molecular complexity index is 470. The molecule has 1 aliphatic rings. The summed E-state index contributed by atoms with van der Waals surface area (Å²) in [7, 11) is -3.19. The summed E-state index contributed by atoms with van der Waals surface area (Å²) in [5.74, 6) is 0.570. The van der Waals surface area contributed by atoms with Crippen molar-refractivity contribution < 1.29 is 8.42 Å².